The molecule has 0 aliphatic carbocycles. The Labute approximate surface area is 123 Å². The number of aromatic nitrogens is 4. The topological polar surface area (TPSA) is 54.5 Å². The number of H-pyrrole nitrogens is 1. The van der Waals surface area contributed by atoms with E-state index in [1.165, 1.54) is 0 Å². The minimum atomic E-state index is 0.429. The first kappa shape index (κ1) is 12.6. The van der Waals surface area contributed by atoms with Crippen molar-refractivity contribution in [3.63, 3.8) is 0 Å². The lowest BCUT2D eigenvalue weighted by molar-refractivity contribution is 0.895. The minimum Gasteiger partial charge on any atom is -0.342 e. The summed E-state index contributed by atoms with van der Waals surface area (Å²) in [5.74, 6) is 1.49. The zero-order chi connectivity index (χ0) is 13.4. The summed E-state index contributed by atoms with van der Waals surface area (Å²) in [6.45, 7) is 1.89. The Morgan fingerprint density at radius 2 is 2.00 bits per heavy atom. The molecule has 0 saturated carbocycles. The molecule has 0 radical (unpaired) electrons. The van der Waals surface area contributed by atoms with Crippen molar-refractivity contribution in [1.29, 1.82) is 0 Å². The maximum absolute atomic E-state index is 6.04. The molecule has 1 aromatic carbocycles. The predicted molar refractivity (Wildman–Crippen MR) is 78.4 cm³/mol. The molecule has 0 aliphatic rings. The molecule has 0 amide bonds. The Hall–Kier alpha value is -1.46. The number of halogens is 2. The third kappa shape index (κ3) is 2.48. The number of aromatic amines is 1. The van der Waals surface area contributed by atoms with Crippen LogP contribution in [0.15, 0.2) is 28.7 Å². The first-order chi connectivity index (χ1) is 9.13. The van der Waals surface area contributed by atoms with Crippen LogP contribution >= 0.6 is 27.5 Å². The van der Waals surface area contributed by atoms with Crippen LogP contribution < -0.4 is 0 Å². The van der Waals surface area contributed by atoms with Gasteiger partial charge in [0, 0.05) is 0 Å². The van der Waals surface area contributed by atoms with Crippen molar-refractivity contribution in [1.82, 2.24) is 19.9 Å². The monoisotopic (exact) mass is 336 g/mol. The normalized spacial score (nSPS) is 11.1. The summed E-state index contributed by atoms with van der Waals surface area (Å²) in [6.07, 6.45) is 0.530. The van der Waals surface area contributed by atoms with Crippen LogP contribution in [0, 0.1) is 6.92 Å². The Balaban J connectivity index is 1.96. The van der Waals surface area contributed by atoms with Gasteiger partial charge in [-0.05, 0) is 35.0 Å². The summed E-state index contributed by atoms with van der Waals surface area (Å²) in [6, 6.07) is 7.90. The average Bonchev–Trinajstić information content (AvgIpc) is 2.78. The van der Waals surface area contributed by atoms with Gasteiger partial charge in [0.2, 0.25) is 0 Å². The summed E-state index contributed by atoms with van der Waals surface area (Å²) in [4.78, 5) is 16.4. The first-order valence-electron chi connectivity index (χ1n) is 5.75. The lowest BCUT2D eigenvalue weighted by Gasteiger charge is -2.03. The molecule has 4 nitrogen and oxygen atoms in total. The predicted octanol–water partition coefficient (Wildman–Crippen LogP) is 3.67. The number of nitrogens with zero attached hydrogens (tertiary/aromatic N) is 3. The van der Waals surface area contributed by atoms with E-state index >= 15 is 0 Å². The highest BCUT2D eigenvalue weighted by Gasteiger charge is 2.10. The molecule has 19 heavy (non-hydrogen) atoms. The molecule has 96 valence electrons. The van der Waals surface area contributed by atoms with Crippen molar-refractivity contribution in [3.8, 4) is 0 Å². The van der Waals surface area contributed by atoms with Gasteiger partial charge in [-0.25, -0.2) is 15.0 Å². The van der Waals surface area contributed by atoms with Gasteiger partial charge < -0.3 is 4.98 Å². The Kier molecular flexibility index (Phi) is 3.24. The molecule has 2 heterocycles. The molecule has 0 saturated heterocycles. The van der Waals surface area contributed by atoms with E-state index in [9.17, 15) is 0 Å². The van der Waals surface area contributed by atoms with Crippen LogP contribution in [0.2, 0.25) is 5.15 Å². The smallest absolute Gasteiger partial charge is 0.147 e. The molecule has 3 rings (SSSR count). The molecule has 0 atom stereocenters. The largest absolute Gasteiger partial charge is 0.342 e. The van der Waals surface area contributed by atoms with Gasteiger partial charge in [0.05, 0.1) is 27.6 Å². The second-order valence-corrected chi connectivity index (χ2v) is 5.36. The highest BCUT2D eigenvalue weighted by Crippen LogP contribution is 2.23. The van der Waals surface area contributed by atoms with Gasteiger partial charge in [-0.1, -0.05) is 23.7 Å². The van der Waals surface area contributed by atoms with Crippen molar-refractivity contribution in [3.05, 3.63) is 51.2 Å². The SMILES string of the molecule is Cc1nc(Cc2nc3ccccc3[nH]2)nc(Cl)c1Br. The second-order valence-electron chi connectivity index (χ2n) is 4.21. The highest BCUT2D eigenvalue weighted by molar-refractivity contribution is 9.10. The van der Waals surface area contributed by atoms with E-state index in [-0.39, 0.29) is 0 Å². The van der Waals surface area contributed by atoms with Crippen molar-refractivity contribution in [2.75, 3.05) is 0 Å². The third-order valence-corrected chi connectivity index (χ3v) is 4.24. The minimum absolute atomic E-state index is 0.429. The van der Waals surface area contributed by atoms with E-state index in [2.05, 4.69) is 35.9 Å². The molecule has 3 aromatic rings. The van der Waals surface area contributed by atoms with Crippen LogP contribution in [-0.2, 0) is 6.42 Å². The fourth-order valence-corrected chi connectivity index (χ4v) is 2.31. The number of imidazole rings is 1. The van der Waals surface area contributed by atoms with Gasteiger partial charge >= 0.3 is 0 Å². The Morgan fingerprint density at radius 3 is 2.74 bits per heavy atom. The molecule has 2 aromatic heterocycles. The summed E-state index contributed by atoms with van der Waals surface area (Å²) < 4.78 is 0.738. The molecule has 0 spiro atoms. The zero-order valence-corrected chi connectivity index (χ0v) is 12.5. The van der Waals surface area contributed by atoms with E-state index in [1.807, 2.05) is 31.2 Å². The van der Waals surface area contributed by atoms with Gasteiger partial charge in [-0.2, -0.15) is 0 Å². The number of nitrogens with one attached hydrogen (secondary N) is 1. The van der Waals surface area contributed by atoms with Gasteiger partial charge in [-0.15, -0.1) is 0 Å². The zero-order valence-electron chi connectivity index (χ0n) is 10.1. The second kappa shape index (κ2) is 4.90. The van der Waals surface area contributed by atoms with Crippen LogP contribution in [0.25, 0.3) is 11.0 Å². The van der Waals surface area contributed by atoms with Crippen molar-refractivity contribution in [2.24, 2.45) is 0 Å². The van der Waals surface area contributed by atoms with Gasteiger partial charge in [-0.3, -0.25) is 0 Å². The fraction of sp³-hybridized carbons (Fsp3) is 0.154. The Bertz CT molecular complexity index is 697. The maximum Gasteiger partial charge on any atom is 0.147 e. The molecule has 6 heteroatoms. The molecule has 0 bridgehead atoms. The van der Waals surface area contributed by atoms with E-state index in [0.717, 1.165) is 27.0 Å². The average molecular weight is 338 g/mol. The Morgan fingerprint density at radius 1 is 1.21 bits per heavy atom. The number of hydrogen-bond donors (Lipinski definition) is 1. The van der Waals surface area contributed by atoms with Gasteiger partial charge in [0.15, 0.2) is 0 Å². The van der Waals surface area contributed by atoms with E-state index in [1.54, 1.807) is 0 Å². The standard InChI is InChI=1S/C13H10BrClN4/c1-7-12(14)13(15)19-10(16-7)6-11-17-8-4-2-3-5-9(8)18-11/h2-5H,6H2,1H3,(H,17,18). The van der Waals surface area contributed by atoms with Crippen LogP contribution in [0.4, 0.5) is 0 Å². The highest BCUT2D eigenvalue weighted by atomic mass is 79.9. The van der Waals surface area contributed by atoms with Gasteiger partial charge in [0.25, 0.3) is 0 Å². The van der Waals surface area contributed by atoms with E-state index < -0.39 is 0 Å². The third-order valence-electron chi connectivity index (χ3n) is 2.79. The summed E-state index contributed by atoms with van der Waals surface area (Å²) >= 11 is 9.38. The van der Waals surface area contributed by atoms with Crippen molar-refractivity contribution < 1.29 is 0 Å². The lowest BCUT2D eigenvalue weighted by Crippen LogP contribution is -2.01. The van der Waals surface area contributed by atoms with Crippen LogP contribution in [0.5, 0.6) is 0 Å². The first-order valence-corrected chi connectivity index (χ1v) is 6.93. The fourth-order valence-electron chi connectivity index (χ4n) is 1.90. The molecule has 0 aliphatic heterocycles. The number of para-hydroxylation sites is 2. The number of aryl methyl sites for hydroxylation is 1. The molecular weight excluding hydrogens is 328 g/mol. The van der Waals surface area contributed by atoms with Crippen molar-refractivity contribution in [2.45, 2.75) is 13.3 Å². The van der Waals surface area contributed by atoms with Crippen LogP contribution in [0.1, 0.15) is 17.3 Å². The summed E-state index contributed by atoms with van der Waals surface area (Å²) in [5, 5.41) is 0.429. The van der Waals surface area contributed by atoms with Crippen LogP contribution in [0.3, 0.4) is 0 Å². The molecule has 0 fully saturated rings. The number of hydrogen-bond acceptors (Lipinski definition) is 3. The number of rotatable bonds is 2. The van der Waals surface area contributed by atoms with Gasteiger partial charge in [0.1, 0.15) is 16.8 Å². The summed E-state index contributed by atoms with van der Waals surface area (Å²) in [7, 11) is 0. The summed E-state index contributed by atoms with van der Waals surface area (Å²) in [5.41, 5.74) is 2.78. The van der Waals surface area contributed by atoms with E-state index in [0.29, 0.717) is 17.4 Å². The van der Waals surface area contributed by atoms with Crippen molar-refractivity contribution >= 4 is 38.6 Å². The molecule has 0 unspecified atom stereocenters. The molecular formula is C13H10BrClN4. The quantitative estimate of drug-likeness (QED) is 0.726. The lowest BCUT2D eigenvalue weighted by atomic mass is 10.3. The number of fused-ring (bicyclic) bond motifs is 1. The number of benzene rings is 1. The van der Waals surface area contributed by atoms with Crippen LogP contribution in [-0.4, -0.2) is 19.9 Å². The maximum atomic E-state index is 6.04. The molecule has 1 N–H and O–H groups in total. The van der Waals surface area contributed by atoms with E-state index in [4.69, 9.17) is 11.6 Å².